The number of carbonyl (C=O) groups is 1. The standard InChI is InChI=1S/C19H18N4O/c24-19(23-13-16-7-4-10-20-11-16)18-9-8-17(14-22-18)21-12-15-5-2-1-3-6-15/h1-11,14,21H,12-13H2,(H,23,24). The van der Waals surface area contributed by atoms with E-state index in [-0.39, 0.29) is 5.91 Å². The van der Waals surface area contributed by atoms with E-state index in [4.69, 9.17) is 0 Å². The zero-order valence-electron chi connectivity index (χ0n) is 13.1. The first kappa shape index (κ1) is 15.7. The van der Waals surface area contributed by atoms with Crippen molar-refractivity contribution >= 4 is 11.6 Å². The Bertz CT molecular complexity index is 773. The molecule has 0 atom stereocenters. The van der Waals surface area contributed by atoms with Gasteiger partial charge in [-0.3, -0.25) is 9.78 Å². The highest BCUT2D eigenvalue weighted by atomic mass is 16.1. The Morgan fingerprint density at radius 1 is 0.875 bits per heavy atom. The van der Waals surface area contributed by atoms with Gasteiger partial charge in [0.1, 0.15) is 5.69 Å². The number of anilines is 1. The van der Waals surface area contributed by atoms with Crippen LogP contribution < -0.4 is 10.6 Å². The molecule has 0 radical (unpaired) electrons. The number of benzene rings is 1. The van der Waals surface area contributed by atoms with Crippen LogP contribution in [0.25, 0.3) is 0 Å². The van der Waals surface area contributed by atoms with Gasteiger partial charge in [0.05, 0.1) is 11.9 Å². The normalized spacial score (nSPS) is 10.2. The maximum absolute atomic E-state index is 12.1. The SMILES string of the molecule is O=C(NCc1cccnc1)c1ccc(NCc2ccccc2)cn1. The maximum atomic E-state index is 12.1. The minimum atomic E-state index is -0.200. The van der Waals surface area contributed by atoms with E-state index in [1.807, 2.05) is 36.4 Å². The van der Waals surface area contributed by atoms with Crippen molar-refractivity contribution in [2.75, 3.05) is 5.32 Å². The van der Waals surface area contributed by atoms with Crippen molar-refractivity contribution < 1.29 is 4.79 Å². The van der Waals surface area contributed by atoms with Gasteiger partial charge < -0.3 is 10.6 Å². The van der Waals surface area contributed by atoms with Crippen LogP contribution in [-0.4, -0.2) is 15.9 Å². The molecule has 3 rings (SSSR count). The zero-order chi connectivity index (χ0) is 16.6. The molecule has 24 heavy (non-hydrogen) atoms. The Hall–Kier alpha value is -3.21. The van der Waals surface area contributed by atoms with Crippen LogP contribution in [0.2, 0.25) is 0 Å². The molecule has 2 aromatic heterocycles. The first-order valence-corrected chi connectivity index (χ1v) is 7.72. The fourth-order valence-electron chi connectivity index (χ4n) is 2.21. The number of hydrogen-bond donors (Lipinski definition) is 2. The molecule has 0 bridgehead atoms. The first-order chi connectivity index (χ1) is 11.8. The van der Waals surface area contributed by atoms with E-state index >= 15 is 0 Å². The minimum Gasteiger partial charge on any atom is -0.380 e. The van der Waals surface area contributed by atoms with Crippen LogP contribution in [0.4, 0.5) is 5.69 Å². The zero-order valence-corrected chi connectivity index (χ0v) is 13.1. The van der Waals surface area contributed by atoms with Crippen LogP contribution in [-0.2, 0) is 13.1 Å². The number of rotatable bonds is 6. The molecule has 2 N–H and O–H groups in total. The summed E-state index contributed by atoms with van der Waals surface area (Å²) in [5.74, 6) is -0.200. The van der Waals surface area contributed by atoms with E-state index in [9.17, 15) is 4.79 Å². The van der Waals surface area contributed by atoms with Crippen molar-refractivity contribution in [1.82, 2.24) is 15.3 Å². The summed E-state index contributed by atoms with van der Waals surface area (Å²) < 4.78 is 0. The molecule has 0 fully saturated rings. The average molecular weight is 318 g/mol. The van der Waals surface area contributed by atoms with Gasteiger partial charge in [-0.15, -0.1) is 0 Å². The molecular formula is C19H18N4O. The maximum Gasteiger partial charge on any atom is 0.270 e. The Balaban J connectivity index is 1.53. The summed E-state index contributed by atoms with van der Waals surface area (Å²) in [7, 11) is 0. The van der Waals surface area contributed by atoms with Gasteiger partial charge in [-0.25, -0.2) is 4.98 Å². The van der Waals surface area contributed by atoms with E-state index in [1.165, 1.54) is 5.56 Å². The molecule has 5 heteroatoms. The third-order valence-electron chi connectivity index (χ3n) is 3.51. The van der Waals surface area contributed by atoms with Crippen molar-refractivity contribution in [3.05, 3.63) is 90.0 Å². The molecule has 2 heterocycles. The number of amides is 1. The molecule has 0 aliphatic carbocycles. The van der Waals surface area contributed by atoms with Gasteiger partial charge in [0.25, 0.3) is 5.91 Å². The highest BCUT2D eigenvalue weighted by Crippen LogP contribution is 2.09. The number of hydrogen-bond acceptors (Lipinski definition) is 4. The van der Waals surface area contributed by atoms with Crippen molar-refractivity contribution in [2.45, 2.75) is 13.1 Å². The summed E-state index contributed by atoms with van der Waals surface area (Å²) >= 11 is 0. The first-order valence-electron chi connectivity index (χ1n) is 7.72. The lowest BCUT2D eigenvalue weighted by Gasteiger charge is -2.08. The molecule has 0 unspecified atom stereocenters. The summed E-state index contributed by atoms with van der Waals surface area (Å²) in [5.41, 5.74) is 3.41. The van der Waals surface area contributed by atoms with Crippen LogP contribution in [0.1, 0.15) is 21.6 Å². The highest BCUT2D eigenvalue weighted by Gasteiger charge is 2.06. The van der Waals surface area contributed by atoms with Crippen LogP contribution >= 0.6 is 0 Å². The van der Waals surface area contributed by atoms with Gasteiger partial charge in [-0.2, -0.15) is 0 Å². The van der Waals surface area contributed by atoms with E-state index in [1.54, 1.807) is 24.7 Å². The van der Waals surface area contributed by atoms with Crippen LogP contribution in [0, 0.1) is 0 Å². The Labute approximate surface area is 140 Å². The number of aromatic nitrogens is 2. The van der Waals surface area contributed by atoms with Gasteiger partial charge in [-0.1, -0.05) is 36.4 Å². The molecule has 1 amide bonds. The summed E-state index contributed by atoms with van der Waals surface area (Å²) in [6, 6.07) is 17.4. The summed E-state index contributed by atoms with van der Waals surface area (Å²) in [4.78, 5) is 20.3. The van der Waals surface area contributed by atoms with Crippen LogP contribution in [0.5, 0.6) is 0 Å². The predicted octanol–water partition coefficient (Wildman–Crippen LogP) is 3.02. The summed E-state index contributed by atoms with van der Waals surface area (Å²) in [6.07, 6.45) is 5.10. The highest BCUT2D eigenvalue weighted by molar-refractivity contribution is 5.92. The number of nitrogens with one attached hydrogen (secondary N) is 2. The fraction of sp³-hybridized carbons (Fsp3) is 0.105. The van der Waals surface area contributed by atoms with E-state index < -0.39 is 0 Å². The van der Waals surface area contributed by atoms with Gasteiger partial charge in [0, 0.05) is 25.5 Å². The predicted molar refractivity (Wildman–Crippen MR) is 93.4 cm³/mol. The Morgan fingerprint density at radius 2 is 1.71 bits per heavy atom. The molecule has 5 nitrogen and oxygen atoms in total. The molecule has 120 valence electrons. The second kappa shape index (κ2) is 7.87. The molecule has 3 aromatic rings. The largest absolute Gasteiger partial charge is 0.380 e. The lowest BCUT2D eigenvalue weighted by Crippen LogP contribution is -2.23. The van der Waals surface area contributed by atoms with Crippen LogP contribution in [0.3, 0.4) is 0 Å². The monoisotopic (exact) mass is 318 g/mol. The third kappa shape index (κ3) is 4.39. The van der Waals surface area contributed by atoms with E-state index in [0.717, 1.165) is 17.8 Å². The topological polar surface area (TPSA) is 66.9 Å². The Morgan fingerprint density at radius 3 is 2.42 bits per heavy atom. The molecule has 0 saturated heterocycles. The fourth-order valence-corrected chi connectivity index (χ4v) is 2.21. The molecular weight excluding hydrogens is 300 g/mol. The molecule has 0 aliphatic heterocycles. The quantitative estimate of drug-likeness (QED) is 0.733. The lowest BCUT2D eigenvalue weighted by atomic mass is 10.2. The van der Waals surface area contributed by atoms with Gasteiger partial charge in [0.15, 0.2) is 0 Å². The second-order valence-corrected chi connectivity index (χ2v) is 5.32. The Kier molecular flexibility index (Phi) is 5.14. The number of pyridine rings is 2. The summed E-state index contributed by atoms with van der Waals surface area (Å²) in [5, 5.41) is 6.11. The minimum absolute atomic E-state index is 0.200. The van der Waals surface area contributed by atoms with Crippen LogP contribution in [0.15, 0.2) is 73.2 Å². The van der Waals surface area contributed by atoms with Gasteiger partial charge in [-0.05, 0) is 29.3 Å². The molecule has 0 aliphatic rings. The molecule has 1 aromatic carbocycles. The summed E-state index contributed by atoms with van der Waals surface area (Å²) in [6.45, 7) is 1.15. The van der Waals surface area contributed by atoms with Gasteiger partial charge in [0.2, 0.25) is 0 Å². The van der Waals surface area contributed by atoms with Crippen molar-refractivity contribution in [2.24, 2.45) is 0 Å². The molecule has 0 spiro atoms. The molecule has 0 saturated carbocycles. The second-order valence-electron chi connectivity index (χ2n) is 5.32. The van der Waals surface area contributed by atoms with E-state index in [2.05, 4.69) is 32.7 Å². The van der Waals surface area contributed by atoms with Crippen molar-refractivity contribution in [1.29, 1.82) is 0 Å². The van der Waals surface area contributed by atoms with Gasteiger partial charge >= 0.3 is 0 Å². The van der Waals surface area contributed by atoms with Crippen molar-refractivity contribution in [3.63, 3.8) is 0 Å². The average Bonchev–Trinajstić information content (AvgIpc) is 2.66. The lowest BCUT2D eigenvalue weighted by molar-refractivity contribution is 0.0946. The van der Waals surface area contributed by atoms with Crippen molar-refractivity contribution in [3.8, 4) is 0 Å². The van der Waals surface area contributed by atoms with E-state index in [0.29, 0.717) is 12.2 Å². The third-order valence-corrected chi connectivity index (χ3v) is 3.51. The number of nitrogens with zero attached hydrogens (tertiary/aromatic N) is 2. The number of carbonyl (C=O) groups excluding carboxylic acids is 1. The smallest absolute Gasteiger partial charge is 0.270 e.